The minimum absolute atomic E-state index is 0.194. The average molecular weight is 832 g/mol. The zero-order chi connectivity index (χ0) is 42.4. The molecule has 0 bridgehead atoms. The van der Waals surface area contributed by atoms with Crippen LogP contribution in [0.1, 0.15) is 49.0 Å². The molecule has 0 aliphatic heterocycles. The summed E-state index contributed by atoms with van der Waals surface area (Å²) in [6.07, 6.45) is 3.68. The van der Waals surface area contributed by atoms with Crippen LogP contribution in [-0.2, 0) is 58.6 Å². The molecular formula is C45H69NO13. The first-order chi connectivity index (χ1) is 29.0. The highest BCUT2D eigenvalue weighted by atomic mass is 16.6. The highest BCUT2D eigenvalue weighted by Gasteiger charge is 2.07. The molecule has 14 nitrogen and oxygen atoms in total. The van der Waals surface area contributed by atoms with Crippen LogP contribution in [0.4, 0.5) is 5.69 Å². The van der Waals surface area contributed by atoms with Crippen molar-refractivity contribution in [2.75, 3.05) is 145 Å². The molecule has 0 saturated heterocycles. The molecule has 0 saturated carbocycles. The van der Waals surface area contributed by atoms with E-state index < -0.39 is 0 Å². The molecule has 3 aromatic rings. The molecule has 1 N–H and O–H groups in total. The highest BCUT2D eigenvalue weighted by Crippen LogP contribution is 2.22. The summed E-state index contributed by atoms with van der Waals surface area (Å²) in [6.45, 7) is 13.4. The van der Waals surface area contributed by atoms with Gasteiger partial charge in [0, 0.05) is 25.8 Å². The van der Waals surface area contributed by atoms with Crippen LogP contribution < -0.4 is 10.1 Å². The number of ketones is 1. The molecule has 0 unspecified atom stereocenters. The first-order valence-electron chi connectivity index (χ1n) is 20.6. The summed E-state index contributed by atoms with van der Waals surface area (Å²) in [4.78, 5) is 23.0. The first-order valence-corrected chi connectivity index (χ1v) is 20.6. The Morgan fingerprint density at radius 2 is 1.00 bits per heavy atom. The van der Waals surface area contributed by atoms with Gasteiger partial charge in [0.2, 0.25) is 0 Å². The largest absolute Gasteiger partial charge is 0.497 e. The van der Waals surface area contributed by atoms with E-state index in [1.165, 1.54) is 10.9 Å². The number of anilines is 1. The molecular weight excluding hydrogens is 762 g/mol. The lowest BCUT2D eigenvalue weighted by Gasteiger charge is -2.09. The van der Waals surface area contributed by atoms with Crippen LogP contribution in [0, 0.1) is 0 Å². The number of aryl methyl sites for hydroxylation is 1. The summed E-state index contributed by atoms with van der Waals surface area (Å²) in [7, 11) is 3.31. The number of esters is 1. The summed E-state index contributed by atoms with van der Waals surface area (Å²) >= 11 is 0. The third-order valence-electron chi connectivity index (χ3n) is 8.35. The molecule has 0 radical (unpaired) electrons. The predicted molar refractivity (Wildman–Crippen MR) is 228 cm³/mol. The number of carbonyl (C=O) groups is 2. The van der Waals surface area contributed by atoms with Crippen LogP contribution in [0.25, 0.3) is 10.8 Å². The minimum atomic E-state index is -0.358. The number of methoxy groups -OCH3 is 2. The molecule has 0 aliphatic carbocycles. The van der Waals surface area contributed by atoms with Crippen molar-refractivity contribution >= 4 is 28.2 Å². The van der Waals surface area contributed by atoms with Crippen molar-refractivity contribution in [2.24, 2.45) is 0 Å². The van der Waals surface area contributed by atoms with Crippen molar-refractivity contribution in [1.82, 2.24) is 0 Å². The average Bonchev–Trinajstić information content (AvgIpc) is 3.25. The van der Waals surface area contributed by atoms with Gasteiger partial charge in [0.05, 0.1) is 125 Å². The molecule has 0 aromatic heterocycles. The molecule has 0 atom stereocenters. The van der Waals surface area contributed by atoms with Crippen LogP contribution in [0.15, 0.2) is 60.7 Å². The van der Waals surface area contributed by atoms with E-state index in [4.69, 9.17) is 52.1 Å². The molecule has 0 fully saturated rings. The van der Waals surface area contributed by atoms with E-state index in [2.05, 4.69) is 30.4 Å². The van der Waals surface area contributed by atoms with Crippen LogP contribution in [-0.4, -0.2) is 151 Å². The number of ether oxygens (including phenoxy) is 11. The summed E-state index contributed by atoms with van der Waals surface area (Å²) < 4.78 is 58.7. The Bertz CT molecular complexity index is 1470. The third-order valence-corrected chi connectivity index (χ3v) is 8.35. The maximum absolute atomic E-state index is 12.1. The number of hydrogen-bond donors (Lipinski definition) is 1. The van der Waals surface area contributed by atoms with E-state index in [0.717, 1.165) is 42.6 Å². The van der Waals surface area contributed by atoms with Crippen molar-refractivity contribution in [3.8, 4) is 5.75 Å². The van der Waals surface area contributed by atoms with Crippen LogP contribution >= 0.6 is 0 Å². The molecule has 332 valence electrons. The molecule has 0 amide bonds. The lowest BCUT2D eigenvalue weighted by Crippen LogP contribution is -2.15. The molecule has 0 heterocycles. The van der Waals surface area contributed by atoms with Gasteiger partial charge in [0.15, 0.2) is 0 Å². The number of rotatable bonds is 36. The van der Waals surface area contributed by atoms with Crippen molar-refractivity contribution in [2.45, 2.75) is 39.5 Å². The standard InChI is InChI=1S/C30H53NO11.C15H16O2/c1-3-4-9-31-29-7-5-28(6-8-29)30(32)42-27-26-41-25-24-40-23-22-39-21-20-38-19-18-37-17-16-36-15-14-35-13-12-34-11-10-33-2;1-11(16)3-4-12-5-6-14-10-15(17-2)8-7-13(14)9-12/h5-8,31H,3-4,9-27H2,1-2H3;5-10H,3-4H2,1-2H3. The summed E-state index contributed by atoms with van der Waals surface area (Å²) in [5.74, 6) is 0.747. The minimum Gasteiger partial charge on any atom is -0.497 e. The Morgan fingerprint density at radius 3 is 1.46 bits per heavy atom. The number of fused-ring (bicyclic) bond motifs is 1. The fourth-order valence-electron chi connectivity index (χ4n) is 5.07. The Labute approximate surface area is 351 Å². The highest BCUT2D eigenvalue weighted by molar-refractivity contribution is 5.89. The second-order valence-electron chi connectivity index (χ2n) is 13.1. The Morgan fingerprint density at radius 1 is 0.542 bits per heavy atom. The summed E-state index contributed by atoms with van der Waals surface area (Å²) in [5.41, 5.74) is 2.73. The number of benzene rings is 3. The van der Waals surface area contributed by atoms with E-state index in [1.807, 2.05) is 30.3 Å². The number of hydrogen-bond acceptors (Lipinski definition) is 14. The van der Waals surface area contributed by atoms with E-state index in [0.29, 0.717) is 124 Å². The maximum atomic E-state index is 12.1. The number of Topliss-reactive ketones (excluding diaryl/α,β-unsaturated/α-hetero) is 1. The Hall–Kier alpha value is -3.70. The summed E-state index contributed by atoms with van der Waals surface area (Å²) in [5, 5.41) is 5.67. The molecule has 3 rings (SSSR count). The van der Waals surface area contributed by atoms with E-state index in [9.17, 15) is 9.59 Å². The number of carbonyl (C=O) groups excluding carboxylic acids is 2. The van der Waals surface area contributed by atoms with Gasteiger partial charge in [-0.2, -0.15) is 0 Å². The van der Waals surface area contributed by atoms with Crippen LogP contribution in [0.3, 0.4) is 0 Å². The predicted octanol–water partition coefficient (Wildman–Crippen LogP) is 6.20. The summed E-state index contributed by atoms with van der Waals surface area (Å²) in [6, 6.07) is 19.6. The van der Waals surface area contributed by atoms with Gasteiger partial charge in [0.25, 0.3) is 0 Å². The van der Waals surface area contributed by atoms with Gasteiger partial charge in [-0.3, -0.25) is 0 Å². The smallest absolute Gasteiger partial charge is 0.338 e. The fourth-order valence-corrected chi connectivity index (χ4v) is 5.07. The van der Waals surface area contributed by atoms with Gasteiger partial charge in [-0.25, -0.2) is 4.79 Å². The van der Waals surface area contributed by atoms with Crippen LogP contribution in [0.5, 0.6) is 5.75 Å². The fraction of sp³-hybridized carbons (Fsp3) is 0.600. The van der Waals surface area contributed by atoms with Crippen molar-refractivity contribution in [1.29, 1.82) is 0 Å². The quantitative estimate of drug-likeness (QED) is 0.0524. The van der Waals surface area contributed by atoms with Crippen molar-refractivity contribution in [3.63, 3.8) is 0 Å². The van der Waals surface area contributed by atoms with Crippen LogP contribution in [0.2, 0.25) is 0 Å². The molecule has 0 spiro atoms. The lowest BCUT2D eigenvalue weighted by atomic mass is 10.0. The normalized spacial score (nSPS) is 11.0. The number of nitrogens with one attached hydrogen (secondary N) is 1. The van der Waals surface area contributed by atoms with Crippen molar-refractivity contribution < 1.29 is 61.7 Å². The molecule has 3 aromatic carbocycles. The van der Waals surface area contributed by atoms with Gasteiger partial charge in [-0.15, -0.1) is 0 Å². The lowest BCUT2D eigenvalue weighted by molar-refractivity contribution is -0.116. The van der Waals surface area contributed by atoms with Gasteiger partial charge in [0.1, 0.15) is 18.1 Å². The van der Waals surface area contributed by atoms with Gasteiger partial charge in [-0.05, 0) is 72.5 Å². The van der Waals surface area contributed by atoms with E-state index in [-0.39, 0.29) is 18.4 Å². The Balaban J connectivity index is 0.000000580. The van der Waals surface area contributed by atoms with Gasteiger partial charge in [-0.1, -0.05) is 37.6 Å². The third kappa shape index (κ3) is 27.6. The Kier molecular flexibility index (Phi) is 31.5. The van der Waals surface area contributed by atoms with Crippen molar-refractivity contribution in [3.05, 3.63) is 71.8 Å². The first kappa shape index (κ1) is 51.4. The molecule has 14 heteroatoms. The second kappa shape index (κ2) is 36.2. The number of unbranched alkanes of at least 4 members (excludes halogenated alkanes) is 1. The molecule has 59 heavy (non-hydrogen) atoms. The van der Waals surface area contributed by atoms with Gasteiger partial charge >= 0.3 is 5.97 Å². The second-order valence-corrected chi connectivity index (χ2v) is 13.1. The topological polar surface area (TPSA) is 148 Å². The molecule has 0 aliphatic rings. The zero-order valence-corrected chi connectivity index (χ0v) is 35.8. The van der Waals surface area contributed by atoms with E-state index >= 15 is 0 Å². The monoisotopic (exact) mass is 831 g/mol. The van der Waals surface area contributed by atoms with Gasteiger partial charge < -0.3 is 62.2 Å². The van der Waals surface area contributed by atoms with E-state index in [1.54, 1.807) is 33.3 Å². The SMILES string of the molecule is CCCCNc1ccc(C(=O)OCCOCCOCCOCCOCCOCCOCCOCCOCCOC)cc1.COc1ccc2cc(CCC(C)=O)ccc2c1. The zero-order valence-electron chi connectivity index (χ0n) is 35.8. The maximum Gasteiger partial charge on any atom is 0.338 e.